The third-order valence-corrected chi connectivity index (χ3v) is 4.74. The van der Waals surface area contributed by atoms with Crippen molar-refractivity contribution in [3.8, 4) is 0 Å². The molecule has 0 aromatic heterocycles. The lowest BCUT2D eigenvalue weighted by molar-refractivity contribution is 0.277. The van der Waals surface area contributed by atoms with Crippen molar-refractivity contribution >= 4 is 0 Å². The van der Waals surface area contributed by atoms with E-state index in [1.165, 1.54) is 97.1 Å². The predicted octanol–water partition coefficient (Wildman–Crippen LogP) is 3.31. The van der Waals surface area contributed by atoms with Crippen LogP contribution in [0.1, 0.15) is 57.8 Å². The van der Waals surface area contributed by atoms with Crippen LogP contribution >= 0.6 is 0 Å². The minimum Gasteiger partial charge on any atom is -0.306 e. The molecule has 0 spiro atoms. The van der Waals surface area contributed by atoms with Crippen LogP contribution in [-0.4, -0.2) is 75.1 Å². The second-order valence-electron chi connectivity index (χ2n) is 7.09. The molecule has 3 saturated heterocycles. The van der Waals surface area contributed by atoms with Crippen molar-refractivity contribution in [2.24, 2.45) is 0 Å². The van der Waals surface area contributed by atoms with Crippen molar-refractivity contribution in [1.82, 2.24) is 14.7 Å². The summed E-state index contributed by atoms with van der Waals surface area (Å²) in [5.74, 6) is 0. The maximum Gasteiger partial charge on any atom is -0.00218 e. The van der Waals surface area contributed by atoms with Gasteiger partial charge in [-0.1, -0.05) is 19.3 Å². The first kappa shape index (κ1) is 18.9. The number of piperidine rings is 3. The maximum absolute atomic E-state index is 2.39. The lowest BCUT2D eigenvalue weighted by Crippen LogP contribution is -2.24. The van der Waals surface area contributed by atoms with Crippen LogP contribution in [0.4, 0.5) is 0 Å². The zero-order valence-electron chi connectivity index (χ0n) is 14.9. The summed E-state index contributed by atoms with van der Waals surface area (Å²) < 4.78 is 0. The number of hydrogen-bond donors (Lipinski definition) is 0. The highest BCUT2D eigenvalue weighted by Crippen LogP contribution is 2.05. The van der Waals surface area contributed by atoms with Crippen LogP contribution in [0.3, 0.4) is 0 Å². The summed E-state index contributed by atoms with van der Waals surface area (Å²) in [5.41, 5.74) is 0. The van der Waals surface area contributed by atoms with E-state index in [0.29, 0.717) is 0 Å². The minimum absolute atomic E-state index is 1.32. The van der Waals surface area contributed by atoms with E-state index in [9.17, 15) is 0 Å². The van der Waals surface area contributed by atoms with Gasteiger partial charge in [0.15, 0.2) is 0 Å². The maximum atomic E-state index is 2.39. The Morgan fingerprint density at radius 2 is 0.524 bits per heavy atom. The molecule has 3 aliphatic rings. The molecule has 0 N–H and O–H groups in total. The minimum atomic E-state index is 1.32. The van der Waals surface area contributed by atoms with Gasteiger partial charge in [0.05, 0.1) is 0 Å². The quantitative estimate of drug-likeness (QED) is 0.679. The molecule has 0 bridgehead atoms. The Labute approximate surface area is 133 Å². The van der Waals surface area contributed by atoms with Gasteiger partial charge in [-0.05, 0) is 98.9 Å². The van der Waals surface area contributed by atoms with E-state index in [-0.39, 0.29) is 0 Å². The third-order valence-electron chi connectivity index (χ3n) is 4.74. The van der Waals surface area contributed by atoms with Gasteiger partial charge in [-0.25, -0.2) is 0 Å². The van der Waals surface area contributed by atoms with Crippen LogP contribution in [0.25, 0.3) is 0 Å². The molecule has 3 heteroatoms. The van der Waals surface area contributed by atoms with Crippen molar-refractivity contribution in [2.75, 3.05) is 60.4 Å². The van der Waals surface area contributed by atoms with Crippen LogP contribution in [0, 0.1) is 0 Å². The fraction of sp³-hybridized carbons (Fsp3) is 1.00. The van der Waals surface area contributed by atoms with Gasteiger partial charge in [-0.2, -0.15) is 0 Å². The molecule has 0 radical (unpaired) electrons. The lowest BCUT2D eigenvalue weighted by Gasteiger charge is -2.20. The van der Waals surface area contributed by atoms with Gasteiger partial charge in [0.2, 0.25) is 0 Å². The average Bonchev–Trinajstić information content (AvgIpc) is 2.51. The Hall–Kier alpha value is -0.120. The van der Waals surface area contributed by atoms with E-state index in [0.717, 1.165) is 0 Å². The van der Waals surface area contributed by atoms with Crippen molar-refractivity contribution in [3.05, 3.63) is 0 Å². The van der Waals surface area contributed by atoms with Crippen LogP contribution in [-0.2, 0) is 0 Å². The summed E-state index contributed by atoms with van der Waals surface area (Å²) in [7, 11) is 6.58. The van der Waals surface area contributed by atoms with Gasteiger partial charge in [0.25, 0.3) is 0 Å². The molecular weight excluding hydrogens is 258 g/mol. The number of nitrogens with zero attached hydrogens (tertiary/aromatic N) is 3. The highest BCUT2D eigenvalue weighted by molar-refractivity contribution is 4.59. The van der Waals surface area contributed by atoms with Gasteiger partial charge in [0, 0.05) is 0 Å². The second-order valence-corrected chi connectivity index (χ2v) is 7.09. The summed E-state index contributed by atoms with van der Waals surface area (Å²) in [6.07, 6.45) is 12.8. The molecule has 126 valence electrons. The Balaban J connectivity index is 0.000000157. The molecule has 3 aliphatic heterocycles. The van der Waals surface area contributed by atoms with E-state index in [4.69, 9.17) is 0 Å². The molecule has 0 amide bonds. The number of likely N-dealkylation sites (tertiary alicyclic amines) is 3. The van der Waals surface area contributed by atoms with E-state index < -0.39 is 0 Å². The molecular formula is C18H39N3. The van der Waals surface area contributed by atoms with Crippen molar-refractivity contribution < 1.29 is 0 Å². The molecule has 3 nitrogen and oxygen atoms in total. The fourth-order valence-electron chi connectivity index (χ4n) is 3.16. The van der Waals surface area contributed by atoms with Crippen LogP contribution in [0.15, 0.2) is 0 Å². The monoisotopic (exact) mass is 297 g/mol. The first-order valence-corrected chi connectivity index (χ1v) is 9.24. The normalized spacial score (nSPS) is 25.3. The molecule has 0 aromatic rings. The van der Waals surface area contributed by atoms with Crippen LogP contribution < -0.4 is 0 Å². The zero-order valence-corrected chi connectivity index (χ0v) is 14.9. The predicted molar refractivity (Wildman–Crippen MR) is 94.0 cm³/mol. The van der Waals surface area contributed by atoms with Gasteiger partial charge in [-0.15, -0.1) is 0 Å². The summed E-state index contributed by atoms with van der Waals surface area (Å²) >= 11 is 0. The zero-order chi connectivity index (χ0) is 15.3. The number of hydrogen-bond acceptors (Lipinski definition) is 3. The van der Waals surface area contributed by atoms with E-state index >= 15 is 0 Å². The van der Waals surface area contributed by atoms with Crippen LogP contribution in [0.2, 0.25) is 0 Å². The molecule has 3 heterocycles. The molecule has 3 rings (SSSR count). The second kappa shape index (κ2) is 12.4. The topological polar surface area (TPSA) is 9.72 Å². The Morgan fingerprint density at radius 1 is 0.333 bits per heavy atom. The summed E-state index contributed by atoms with van der Waals surface area (Å²) in [6, 6.07) is 0. The lowest BCUT2D eigenvalue weighted by atomic mass is 10.1. The summed E-state index contributed by atoms with van der Waals surface area (Å²) in [4.78, 5) is 7.18. The van der Waals surface area contributed by atoms with Crippen molar-refractivity contribution in [3.63, 3.8) is 0 Å². The summed E-state index contributed by atoms with van der Waals surface area (Å²) in [6.45, 7) is 7.92. The molecule has 0 unspecified atom stereocenters. The molecule has 21 heavy (non-hydrogen) atoms. The Bertz CT molecular complexity index is 176. The van der Waals surface area contributed by atoms with Gasteiger partial charge >= 0.3 is 0 Å². The summed E-state index contributed by atoms with van der Waals surface area (Å²) in [5, 5.41) is 0. The van der Waals surface area contributed by atoms with Gasteiger partial charge in [0.1, 0.15) is 0 Å². The van der Waals surface area contributed by atoms with Crippen LogP contribution in [0.5, 0.6) is 0 Å². The Kier molecular flexibility index (Phi) is 11.2. The van der Waals surface area contributed by atoms with Gasteiger partial charge in [-0.3, -0.25) is 0 Å². The Morgan fingerprint density at radius 3 is 0.619 bits per heavy atom. The molecule has 0 aliphatic carbocycles. The first-order chi connectivity index (χ1) is 10.2. The average molecular weight is 298 g/mol. The SMILES string of the molecule is CN1CCCCC1.CN1CCCCC1.CN1CCCCC1. The van der Waals surface area contributed by atoms with E-state index in [2.05, 4.69) is 35.8 Å². The molecule has 0 aromatic carbocycles. The molecule has 0 saturated carbocycles. The fourth-order valence-corrected chi connectivity index (χ4v) is 3.16. The van der Waals surface area contributed by atoms with E-state index in [1.807, 2.05) is 0 Å². The van der Waals surface area contributed by atoms with E-state index in [1.54, 1.807) is 0 Å². The molecule has 3 fully saturated rings. The largest absolute Gasteiger partial charge is 0.306 e. The number of rotatable bonds is 0. The first-order valence-electron chi connectivity index (χ1n) is 9.24. The molecule has 0 atom stereocenters. The third kappa shape index (κ3) is 11.1. The van der Waals surface area contributed by atoms with Crippen molar-refractivity contribution in [1.29, 1.82) is 0 Å². The van der Waals surface area contributed by atoms with Crippen molar-refractivity contribution in [2.45, 2.75) is 57.8 Å². The highest BCUT2D eigenvalue weighted by Gasteiger charge is 2.03. The standard InChI is InChI=1S/3C6H13N/c3*1-7-5-3-2-4-6-7/h3*2-6H2,1H3. The highest BCUT2D eigenvalue weighted by atomic mass is 15.1. The van der Waals surface area contributed by atoms with Gasteiger partial charge < -0.3 is 14.7 Å². The smallest absolute Gasteiger partial charge is 0.00218 e.